The number of rotatable bonds is 5. The molecular formula is C15H12ClF2NO3S. The van der Waals surface area contributed by atoms with Gasteiger partial charge in [-0.1, -0.05) is 29.8 Å². The van der Waals surface area contributed by atoms with Crippen LogP contribution in [-0.4, -0.2) is 20.1 Å². The minimum atomic E-state index is -4.64. The maximum atomic E-state index is 12.4. The molecule has 122 valence electrons. The molecule has 0 aliphatic carbocycles. The van der Waals surface area contributed by atoms with E-state index in [1.165, 1.54) is 12.1 Å². The summed E-state index contributed by atoms with van der Waals surface area (Å²) in [5, 5.41) is 3.00. The quantitative estimate of drug-likeness (QED) is 0.888. The first-order valence-corrected chi connectivity index (χ1v) is 8.38. The SMILES string of the molecule is O=C(Cc1ccccc1Cl)Nc1ccc(S(=O)(=O)C(F)F)cc1. The Morgan fingerprint density at radius 3 is 2.26 bits per heavy atom. The van der Waals surface area contributed by atoms with Crippen LogP contribution >= 0.6 is 11.6 Å². The number of hydrogen-bond acceptors (Lipinski definition) is 3. The summed E-state index contributed by atoms with van der Waals surface area (Å²) in [5.41, 5.74) is 0.943. The van der Waals surface area contributed by atoms with Crippen molar-refractivity contribution in [2.24, 2.45) is 0 Å². The van der Waals surface area contributed by atoms with E-state index in [0.717, 1.165) is 12.1 Å². The molecule has 2 rings (SSSR count). The molecule has 1 amide bonds. The molecule has 0 fully saturated rings. The van der Waals surface area contributed by atoms with Gasteiger partial charge in [0.25, 0.3) is 0 Å². The van der Waals surface area contributed by atoms with E-state index in [9.17, 15) is 22.0 Å². The zero-order valence-electron chi connectivity index (χ0n) is 11.7. The van der Waals surface area contributed by atoms with Gasteiger partial charge in [-0.25, -0.2) is 8.42 Å². The topological polar surface area (TPSA) is 63.2 Å². The summed E-state index contributed by atoms with van der Waals surface area (Å²) in [6, 6.07) is 11.4. The first kappa shape index (κ1) is 17.4. The third-order valence-corrected chi connectivity index (χ3v) is 4.78. The van der Waals surface area contributed by atoms with E-state index in [1.54, 1.807) is 24.3 Å². The van der Waals surface area contributed by atoms with Crippen molar-refractivity contribution in [3.05, 3.63) is 59.1 Å². The molecular weight excluding hydrogens is 348 g/mol. The van der Waals surface area contributed by atoms with Gasteiger partial charge in [-0.05, 0) is 35.9 Å². The van der Waals surface area contributed by atoms with Crippen LogP contribution in [0.25, 0.3) is 0 Å². The number of hydrogen-bond donors (Lipinski definition) is 1. The molecule has 0 aromatic heterocycles. The second-order valence-corrected chi connectivity index (χ2v) is 6.97. The second-order valence-electron chi connectivity index (χ2n) is 4.65. The number of halogens is 3. The van der Waals surface area contributed by atoms with Crippen LogP contribution < -0.4 is 5.32 Å². The number of carbonyl (C=O) groups excluding carboxylic acids is 1. The maximum Gasteiger partial charge on any atom is 0.341 e. The zero-order valence-corrected chi connectivity index (χ0v) is 13.2. The molecule has 0 atom stereocenters. The highest BCUT2D eigenvalue weighted by Crippen LogP contribution is 2.21. The Kier molecular flexibility index (Phi) is 5.33. The van der Waals surface area contributed by atoms with Crippen molar-refractivity contribution in [3.8, 4) is 0 Å². The summed E-state index contributed by atoms with van der Waals surface area (Å²) in [6.45, 7) is 0. The Morgan fingerprint density at radius 1 is 1.09 bits per heavy atom. The van der Waals surface area contributed by atoms with Crippen LogP contribution in [0.5, 0.6) is 0 Å². The fourth-order valence-corrected chi connectivity index (χ4v) is 2.77. The number of benzene rings is 2. The van der Waals surface area contributed by atoms with Gasteiger partial charge in [0.15, 0.2) is 0 Å². The third kappa shape index (κ3) is 4.27. The van der Waals surface area contributed by atoms with Crippen LogP contribution in [0.15, 0.2) is 53.4 Å². The van der Waals surface area contributed by atoms with E-state index in [4.69, 9.17) is 11.6 Å². The molecule has 0 saturated heterocycles. The zero-order chi connectivity index (χ0) is 17.0. The van der Waals surface area contributed by atoms with Crippen LogP contribution in [0.2, 0.25) is 5.02 Å². The van der Waals surface area contributed by atoms with Gasteiger partial charge in [0, 0.05) is 10.7 Å². The highest BCUT2D eigenvalue weighted by molar-refractivity contribution is 7.91. The van der Waals surface area contributed by atoms with Gasteiger partial charge >= 0.3 is 5.76 Å². The Hall–Kier alpha value is -1.99. The number of amides is 1. The maximum absolute atomic E-state index is 12.4. The van der Waals surface area contributed by atoms with Crippen LogP contribution in [0.4, 0.5) is 14.5 Å². The summed E-state index contributed by atoms with van der Waals surface area (Å²) < 4.78 is 47.4. The van der Waals surface area contributed by atoms with Crippen LogP contribution in [0.1, 0.15) is 5.56 Å². The first-order valence-electron chi connectivity index (χ1n) is 6.46. The monoisotopic (exact) mass is 359 g/mol. The van der Waals surface area contributed by atoms with Crippen LogP contribution in [0, 0.1) is 0 Å². The minimum Gasteiger partial charge on any atom is -0.326 e. The highest BCUT2D eigenvalue weighted by atomic mass is 35.5. The normalized spacial score (nSPS) is 11.5. The highest BCUT2D eigenvalue weighted by Gasteiger charge is 2.26. The van der Waals surface area contributed by atoms with Crippen LogP contribution in [0.3, 0.4) is 0 Å². The molecule has 2 aromatic carbocycles. The number of alkyl halides is 2. The fourth-order valence-electron chi connectivity index (χ4n) is 1.85. The van der Waals surface area contributed by atoms with Gasteiger partial charge in [-0.15, -0.1) is 0 Å². The Morgan fingerprint density at radius 2 is 1.70 bits per heavy atom. The lowest BCUT2D eigenvalue weighted by Crippen LogP contribution is -2.15. The second kappa shape index (κ2) is 7.06. The number of carbonyl (C=O) groups is 1. The van der Waals surface area contributed by atoms with E-state index >= 15 is 0 Å². The van der Waals surface area contributed by atoms with Gasteiger partial charge in [0.05, 0.1) is 11.3 Å². The molecule has 0 spiro atoms. The largest absolute Gasteiger partial charge is 0.341 e. The summed E-state index contributed by atoms with van der Waals surface area (Å²) in [6.07, 6.45) is 0.0384. The van der Waals surface area contributed by atoms with Gasteiger partial charge < -0.3 is 5.32 Å². The van der Waals surface area contributed by atoms with E-state index < -0.39 is 20.5 Å². The third-order valence-electron chi connectivity index (χ3n) is 3.01. The van der Waals surface area contributed by atoms with Gasteiger partial charge in [-0.2, -0.15) is 8.78 Å². The lowest BCUT2D eigenvalue weighted by molar-refractivity contribution is -0.115. The summed E-state index contributed by atoms with van der Waals surface area (Å²) in [7, 11) is -4.64. The van der Waals surface area contributed by atoms with Gasteiger partial charge in [0.1, 0.15) is 0 Å². The van der Waals surface area contributed by atoms with Crippen molar-refractivity contribution in [3.63, 3.8) is 0 Å². The molecule has 4 nitrogen and oxygen atoms in total. The number of nitrogens with one attached hydrogen (secondary N) is 1. The lowest BCUT2D eigenvalue weighted by Gasteiger charge is -2.08. The molecule has 0 saturated carbocycles. The molecule has 23 heavy (non-hydrogen) atoms. The van der Waals surface area contributed by atoms with Gasteiger partial charge in [0.2, 0.25) is 15.7 Å². The van der Waals surface area contributed by atoms with Crippen molar-refractivity contribution in [1.29, 1.82) is 0 Å². The summed E-state index contributed by atoms with van der Waals surface area (Å²) >= 11 is 5.95. The van der Waals surface area contributed by atoms with Crippen LogP contribution in [-0.2, 0) is 21.1 Å². The lowest BCUT2D eigenvalue weighted by atomic mass is 10.1. The summed E-state index contributed by atoms with van der Waals surface area (Å²) in [5.74, 6) is -3.84. The van der Waals surface area contributed by atoms with Gasteiger partial charge in [-0.3, -0.25) is 4.79 Å². The molecule has 2 aromatic rings. The van der Waals surface area contributed by atoms with Crippen molar-refractivity contribution < 1.29 is 22.0 Å². The molecule has 0 aliphatic rings. The first-order chi connectivity index (χ1) is 10.8. The fraction of sp³-hybridized carbons (Fsp3) is 0.133. The van der Waals surface area contributed by atoms with E-state index in [0.29, 0.717) is 16.3 Å². The van der Waals surface area contributed by atoms with Crippen molar-refractivity contribution in [2.45, 2.75) is 17.1 Å². The molecule has 0 heterocycles. The molecule has 0 radical (unpaired) electrons. The van der Waals surface area contributed by atoms with E-state index in [1.807, 2.05) is 0 Å². The average molecular weight is 360 g/mol. The predicted octanol–water partition coefficient (Wildman–Crippen LogP) is 3.52. The average Bonchev–Trinajstić information content (AvgIpc) is 2.50. The Balaban J connectivity index is 2.07. The minimum absolute atomic E-state index is 0.0384. The Bertz CT molecular complexity index is 808. The molecule has 8 heteroatoms. The Labute approximate surface area is 137 Å². The summed E-state index contributed by atoms with van der Waals surface area (Å²) in [4.78, 5) is 11.4. The molecule has 0 bridgehead atoms. The standard InChI is InChI=1S/C15H12ClF2NO3S/c16-13-4-2-1-3-10(13)9-14(20)19-11-5-7-12(8-6-11)23(21,22)15(17)18/h1-8,15H,9H2,(H,19,20). The molecule has 0 unspecified atom stereocenters. The van der Waals surface area contributed by atoms with Crippen molar-refractivity contribution in [1.82, 2.24) is 0 Å². The molecule has 0 aliphatic heterocycles. The van der Waals surface area contributed by atoms with E-state index in [2.05, 4.69) is 5.32 Å². The predicted molar refractivity (Wildman–Crippen MR) is 83.4 cm³/mol. The molecule has 1 N–H and O–H groups in total. The van der Waals surface area contributed by atoms with Crippen molar-refractivity contribution >= 4 is 33.0 Å². The number of sulfone groups is 1. The number of anilines is 1. The smallest absolute Gasteiger partial charge is 0.326 e. The van der Waals surface area contributed by atoms with Crippen molar-refractivity contribution in [2.75, 3.05) is 5.32 Å². The van der Waals surface area contributed by atoms with E-state index in [-0.39, 0.29) is 12.3 Å².